The number of likely N-dealkylation sites (N-methyl/N-ethyl adjacent to an activating group) is 1. The largest absolute Gasteiger partial charge is 0.402 e. The number of pyridine rings is 1. The van der Waals surface area contributed by atoms with E-state index < -0.39 is 36.1 Å². The number of nitrogens with one attached hydrogen (secondary N) is 3. The molecule has 204 valence electrons. The molecule has 1 aromatic heterocycles. The molecule has 1 aromatic rings. The van der Waals surface area contributed by atoms with Crippen molar-refractivity contribution in [3.63, 3.8) is 0 Å². The maximum atomic E-state index is 13.3. The molecule has 4 atom stereocenters. The molecular formula is C22H29ClF3N7O4. The summed E-state index contributed by atoms with van der Waals surface area (Å²) in [5, 5.41) is 3.21. The number of carbonyl (C=O) groups excluding carboxylic acids is 3. The van der Waals surface area contributed by atoms with Gasteiger partial charge in [0.15, 0.2) is 11.7 Å². The van der Waals surface area contributed by atoms with Crippen molar-refractivity contribution in [1.29, 1.82) is 0 Å². The third-order valence-corrected chi connectivity index (χ3v) is 6.90. The molecule has 2 unspecified atom stereocenters. The summed E-state index contributed by atoms with van der Waals surface area (Å²) in [5.41, 5.74) is 5.08. The Morgan fingerprint density at radius 3 is 2.84 bits per heavy atom. The van der Waals surface area contributed by atoms with Crippen molar-refractivity contribution in [2.75, 3.05) is 56.2 Å². The summed E-state index contributed by atoms with van der Waals surface area (Å²) in [6.45, 7) is 2.73. The number of hydrogen-bond acceptors (Lipinski definition) is 8. The van der Waals surface area contributed by atoms with Crippen LogP contribution in [-0.2, 0) is 19.1 Å². The zero-order valence-corrected chi connectivity index (χ0v) is 21.1. The van der Waals surface area contributed by atoms with Crippen LogP contribution in [0.25, 0.3) is 0 Å². The Kier molecular flexibility index (Phi) is 8.11. The molecule has 0 saturated carbocycles. The van der Waals surface area contributed by atoms with Gasteiger partial charge in [-0.3, -0.25) is 19.8 Å². The van der Waals surface area contributed by atoms with Crippen LogP contribution in [0.2, 0.25) is 5.02 Å². The second-order valence-corrected chi connectivity index (χ2v) is 9.77. The van der Waals surface area contributed by atoms with Gasteiger partial charge < -0.3 is 24.8 Å². The van der Waals surface area contributed by atoms with Crippen LogP contribution < -0.4 is 26.0 Å². The van der Waals surface area contributed by atoms with Crippen molar-refractivity contribution in [3.05, 3.63) is 17.3 Å². The maximum Gasteiger partial charge on any atom is 0.402 e. The molecule has 4 rings (SSSR count). The molecule has 3 amide bonds. The van der Waals surface area contributed by atoms with E-state index in [4.69, 9.17) is 16.3 Å². The summed E-state index contributed by atoms with van der Waals surface area (Å²) in [4.78, 5) is 46.8. The summed E-state index contributed by atoms with van der Waals surface area (Å²) < 4.78 is 45.3. The molecule has 2 fully saturated rings. The number of aromatic nitrogens is 1. The fourth-order valence-corrected chi connectivity index (χ4v) is 5.01. The summed E-state index contributed by atoms with van der Waals surface area (Å²) >= 11 is 6.04. The number of halogens is 4. The van der Waals surface area contributed by atoms with Crippen LogP contribution in [0.5, 0.6) is 0 Å². The molecule has 3 aliphatic rings. The number of ether oxygens (including phenoxy) is 1. The van der Waals surface area contributed by atoms with Gasteiger partial charge in [-0.05, 0) is 13.0 Å². The van der Waals surface area contributed by atoms with E-state index in [0.717, 1.165) is 0 Å². The molecule has 37 heavy (non-hydrogen) atoms. The van der Waals surface area contributed by atoms with Crippen molar-refractivity contribution in [1.82, 2.24) is 26.1 Å². The van der Waals surface area contributed by atoms with Gasteiger partial charge in [-0.15, -0.1) is 0 Å². The van der Waals surface area contributed by atoms with Gasteiger partial charge in [0, 0.05) is 45.0 Å². The normalized spacial score (nSPS) is 24.9. The van der Waals surface area contributed by atoms with Crippen molar-refractivity contribution < 1.29 is 32.3 Å². The Balaban J connectivity index is 1.24. The highest BCUT2D eigenvalue weighted by atomic mass is 35.5. The number of nitrogens with zero attached hydrogens (tertiary/aromatic N) is 4. The quantitative estimate of drug-likeness (QED) is 0.417. The number of carbonyl (C=O) groups is 3. The van der Waals surface area contributed by atoms with Gasteiger partial charge in [0.2, 0.25) is 11.8 Å². The van der Waals surface area contributed by atoms with Crippen LogP contribution in [0.4, 0.5) is 24.7 Å². The van der Waals surface area contributed by atoms with E-state index in [1.807, 2.05) is 10.3 Å². The predicted molar refractivity (Wildman–Crippen MR) is 128 cm³/mol. The fraction of sp³-hybridized carbons (Fsp3) is 0.636. The third-order valence-electron chi connectivity index (χ3n) is 6.69. The average Bonchev–Trinajstić information content (AvgIpc) is 2.84. The molecule has 0 aliphatic carbocycles. The van der Waals surface area contributed by atoms with Crippen LogP contribution in [0, 0.1) is 5.92 Å². The van der Waals surface area contributed by atoms with E-state index in [-0.39, 0.29) is 44.5 Å². The number of hydrogen-bond donors (Lipinski definition) is 3. The molecule has 0 radical (unpaired) electrons. The molecule has 0 spiro atoms. The lowest BCUT2D eigenvalue weighted by Crippen LogP contribution is -2.65. The Labute approximate surface area is 216 Å². The third kappa shape index (κ3) is 5.92. The number of hydrazine groups is 1. The zero-order chi connectivity index (χ0) is 26.9. The van der Waals surface area contributed by atoms with Gasteiger partial charge in [-0.2, -0.15) is 13.2 Å². The van der Waals surface area contributed by atoms with Crippen LogP contribution in [0.3, 0.4) is 0 Å². The second-order valence-electron chi connectivity index (χ2n) is 9.33. The zero-order valence-electron chi connectivity index (χ0n) is 20.3. The Hall–Kier alpha value is -2.68. The summed E-state index contributed by atoms with van der Waals surface area (Å²) in [5.74, 6) is -3.01. The van der Waals surface area contributed by atoms with E-state index in [1.54, 1.807) is 24.9 Å². The topological polar surface area (TPSA) is 119 Å². The van der Waals surface area contributed by atoms with Gasteiger partial charge in [0.25, 0.3) is 5.91 Å². The number of anilines is 2. The molecule has 0 bridgehead atoms. The summed E-state index contributed by atoms with van der Waals surface area (Å²) in [7, 11) is 1.65. The Bertz CT molecular complexity index is 1050. The monoisotopic (exact) mass is 547 g/mol. The van der Waals surface area contributed by atoms with Crippen LogP contribution in [-0.4, -0.2) is 98.3 Å². The van der Waals surface area contributed by atoms with Crippen LogP contribution in [0.15, 0.2) is 12.3 Å². The number of alkyl halides is 3. The Morgan fingerprint density at radius 1 is 1.35 bits per heavy atom. The molecule has 15 heteroatoms. The second kappa shape index (κ2) is 11.0. The molecule has 3 N–H and O–H groups in total. The summed E-state index contributed by atoms with van der Waals surface area (Å²) in [6.07, 6.45) is -3.10. The van der Waals surface area contributed by atoms with Crippen LogP contribution >= 0.6 is 11.6 Å². The lowest BCUT2D eigenvalue weighted by molar-refractivity contribution is -0.193. The molecule has 3 aliphatic heterocycles. The minimum Gasteiger partial charge on any atom is -0.379 e. The van der Waals surface area contributed by atoms with E-state index in [0.29, 0.717) is 29.6 Å². The highest BCUT2D eigenvalue weighted by Crippen LogP contribution is 2.36. The number of fused-ring (bicyclic) bond motifs is 3. The highest BCUT2D eigenvalue weighted by molar-refractivity contribution is 6.31. The molecular weight excluding hydrogens is 519 g/mol. The van der Waals surface area contributed by atoms with Gasteiger partial charge in [0.1, 0.15) is 6.04 Å². The van der Waals surface area contributed by atoms with E-state index >= 15 is 0 Å². The number of rotatable bonds is 7. The summed E-state index contributed by atoms with van der Waals surface area (Å²) in [6, 6.07) is -0.507. The lowest BCUT2D eigenvalue weighted by atomic mass is 9.96. The minimum atomic E-state index is -4.68. The first-order valence-corrected chi connectivity index (χ1v) is 12.3. The van der Waals surface area contributed by atoms with E-state index in [2.05, 4.69) is 15.7 Å². The first-order valence-electron chi connectivity index (χ1n) is 11.9. The first kappa shape index (κ1) is 27.4. The van der Waals surface area contributed by atoms with Gasteiger partial charge in [0.05, 0.1) is 36.9 Å². The number of amides is 3. The van der Waals surface area contributed by atoms with Gasteiger partial charge >= 0.3 is 6.18 Å². The fourth-order valence-electron chi connectivity index (χ4n) is 4.86. The Morgan fingerprint density at radius 2 is 2.11 bits per heavy atom. The minimum absolute atomic E-state index is 0.0562. The average molecular weight is 548 g/mol. The molecule has 11 nitrogen and oxygen atoms in total. The molecule has 2 saturated heterocycles. The van der Waals surface area contributed by atoms with Crippen molar-refractivity contribution in [3.8, 4) is 0 Å². The van der Waals surface area contributed by atoms with E-state index in [1.165, 1.54) is 11.1 Å². The first-order chi connectivity index (χ1) is 17.5. The highest BCUT2D eigenvalue weighted by Gasteiger charge is 2.51. The van der Waals surface area contributed by atoms with Crippen LogP contribution in [0.1, 0.15) is 13.3 Å². The van der Waals surface area contributed by atoms with Crippen molar-refractivity contribution in [2.24, 2.45) is 5.92 Å². The molecule has 4 heterocycles. The SMILES string of the molecule is C[C@H](COCCC(=O)N1CCN2c3ncc(Cl)cc3N(C)C(=O)[C@@H]2C1)NC1CNNC(=O)C1C(F)(F)F. The van der Waals surface area contributed by atoms with Crippen molar-refractivity contribution >= 4 is 40.8 Å². The van der Waals surface area contributed by atoms with E-state index in [9.17, 15) is 27.6 Å². The maximum absolute atomic E-state index is 13.3. The van der Waals surface area contributed by atoms with Crippen molar-refractivity contribution in [2.45, 2.75) is 37.6 Å². The number of piperazine rings is 1. The standard InChI is InChI=1S/C22H29ClF3N7O4/c1-12(29-14-9-28-30-20(35)18(14)22(24,25)26)11-37-6-3-17(34)32-4-5-33-16(10-32)21(36)31(2)15-7-13(23)8-27-19(15)33/h7-8,12,14,16,18,28-29H,3-6,9-11H2,1-2H3,(H,30,35)/t12-,14?,16+,18?/m1/s1. The lowest BCUT2D eigenvalue weighted by Gasteiger charge is -2.46. The smallest absolute Gasteiger partial charge is 0.379 e. The van der Waals surface area contributed by atoms with Gasteiger partial charge in [-0.25, -0.2) is 10.4 Å². The molecule has 0 aromatic carbocycles. The predicted octanol–water partition coefficient (Wildman–Crippen LogP) is 0.295. The van der Waals surface area contributed by atoms with Gasteiger partial charge in [-0.1, -0.05) is 11.6 Å².